The molecule has 0 aliphatic carbocycles. The third-order valence-electron chi connectivity index (χ3n) is 4.49. The van der Waals surface area contributed by atoms with Gasteiger partial charge < -0.3 is 14.8 Å². The maximum atomic E-state index is 13.0. The minimum Gasteiger partial charge on any atom is -0.497 e. The highest BCUT2D eigenvalue weighted by Crippen LogP contribution is 2.30. The molecule has 0 bridgehead atoms. The summed E-state index contributed by atoms with van der Waals surface area (Å²) in [7, 11) is 1.49. The van der Waals surface area contributed by atoms with Gasteiger partial charge in [-0.3, -0.25) is 10.1 Å². The summed E-state index contributed by atoms with van der Waals surface area (Å²) in [6, 6.07) is 11.2. The first kappa shape index (κ1) is 21.6. The number of benzene rings is 2. The minimum atomic E-state index is -4.48. The van der Waals surface area contributed by atoms with E-state index in [0.29, 0.717) is 17.9 Å². The number of ether oxygens (including phenoxy) is 2. The van der Waals surface area contributed by atoms with E-state index in [1.165, 1.54) is 19.2 Å². The summed E-state index contributed by atoms with van der Waals surface area (Å²) < 4.78 is 49.7. The first-order chi connectivity index (χ1) is 14.3. The van der Waals surface area contributed by atoms with Gasteiger partial charge in [-0.1, -0.05) is 12.1 Å². The second-order valence-corrected chi connectivity index (χ2v) is 6.71. The number of aliphatic imine (C=N–C) groups is 1. The van der Waals surface area contributed by atoms with Gasteiger partial charge in [0.15, 0.2) is 0 Å². The zero-order valence-corrected chi connectivity index (χ0v) is 16.3. The van der Waals surface area contributed by atoms with E-state index in [1.54, 1.807) is 24.3 Å². The molecule has 1 amide bonds. The van der Waals surface area contributed by atoms with Gasteiger partial charge in [-0.15, -0.1) is 0 Å². The van der Waals surface area contributed by atoms with Crippen LogP contribution in [0.1, 0.15) is 28.8 Å². The zero-order chi connectivity index (χ0) is 21.6. The molecule has 3 rings (SSSR count). The predicted octanol–water partition coefficient (Wildman–Crippen LogP) is 4.09. The Morgan fingerprint density at radius 2 is 2.03 bits per heavy atom. The average molecular weight is 421 g/mol. The lowest BCUT2D eigenvalue weighted by atomic mass is 10.2. The Morgan fingerprint density at radius 3 is 2.73 bits per heavy atom. The van der Waals surface area contributed by atoms with E-state index in [1.807, 2.05) is 0 Å². The van der Waals surface area contributed by atoms with Crippen molar-refractivity contribution in [2.75, 3.05) is 25.6 Å². The third-order valence-corrected chi connectivity index (χ3v) is 4.49. The van der Waals surface area contributed by atoms with Crippen molar-refractivity contribution in [2.24, 2.45) is 4.99 Å². The van der Waals surface area contributed by atoms with E-state index < -0.39 is 17.6 Å². The molecule has 1 unspecified atom stereocenters. The molecule has 0 saturated carbocycles. The molecule has 1 heterocycles. The van der Waals surface area contributed by atoms with Gasteiger partial charge in [-0.25, -0.2) is 4.99 Å². The Kier molecular flexibility index (Phi) is 6.94. The van der Waals surface area contributed by atoms with Gasteiger partial charge in [-0.05, 0) is 49.2 Å². The molecule has 1 atom stereocenters. The maximum absolute atomic E-state index is 13.0. The molecule has 1 fully saturated rings. The van der Waals surface area contributed by atoms with E-state index in [0.717, 1.165) is 25.0 Å². The molecule has 1 aliphatic heterocycles. The normalized spacial score (nSPS) is 16.9. The SMILES string of the molecule is COc1cccc(C(=O)NC(=NCC2CCCO2)Nc2cccc(C(F)(F)F)c2)c1. The van der Waals surface area contributed by atoms with Gasteiger partial charge in [0, 0.05) is 17.9 Å². The van der Waals surface area contributed by atoms with Gasteiger partial charge in [-0.2, -0.15) is 13.2 Å². The summed E-state index contributed by atoms with van der Waals surface area (Å²) in [5, 5.41) is 5.40. The van der Waals surface area contributed by atoms with Gasteiger partial charge >= 0.3 is 6.18 Å². The van der Waals surface area contributed by atoms with E-state index in [-0.39, 0.29) is 24.3 Å². The zero-order valence-electron chi connectivity index (χ0n) is 16.3. The fraction of sp³-hybridized carbons (Fsp3) is 0.333. The topological polar surface area (TPSA) is 72.0 Å². The van der Waals surface area contributed by atoms with Crippen LogP contribution in [-0.2, 0) is 10.9 Å². The van der Waals surface area contributed by atoms with E-state index in [2.05, 4.69) is 15.6 Å². The molecule has 1 aliphatic rings. The van der Waals surface area contributed by atoms with E-state index in [4.69, 9.17) is 9.47 Å². The van der Waals surface area contributed by atoms with Gasteiger partial charge in [0.25, 0.3) is 5.91 Å². The summed E-state index contributed by atoms with van der Waals surface area (Å²) in [5.41, 5.74) is -0.322. The highest BCUT2D eigenvalue weighted by atomic mass is 19.4. The molecular formula is C21H22F3N3O3. The van der Waals surface area contributed by atoms with Gasteiger partial charge in [0.1, 0.15) is 5.75 Å². The molecule has 2 aromatic carbocycles. The lowest BCUT2D eigenvalue weighted by molar-refractivity contribution is -0.137. The van der Waals surface area contributed by atoms with Crippen LogP contribution in [0.3, 0.4) is 0 Å². The maximum Gasteiger partial charge on any atom is 0.416 e. The number of hydrogen-bond donors (Lipinski definition) is 2. The number of guanidine groups is 1. The highest BCUT2D eigenvalue weighted by molar-refractivity contribution is 6.10. The number of nitrogens with zero attached hydrogens (tertiary/aromatic N) is 1. The fourth-order valence-corrected chi connectivity index (χ4v) is 2.95. The number of halogens is 3. The Morgan fingerprint density at radius 1 is 1.23 bits per heavy atom. The second kappa shape index (κ2) is 9.62. The lowest BCUT2D eigenvalue weighted by Crippen LogP contribution is -2.36. The van der Waals surface area contributed by atoms with Crippen LogP contribution in [-0.4, -0.2) is 38.2 Å². The van der Waals surface area contributed by atoms with Gasteiger partial charge in [0.05, 0.1) is 25.3 Å². The molecule has 1 saturated heterocycles. The quantitative estimate of drug-likeness (QED) is 0.564. The van der Waals surface area contributed by atoms with E-state index >= 15 is 0 Å². The fourth-order valence-electron chi connectivity index (χ4n) is 2.95. The Labute approximate surface area is 172 Å². The predicted molar refractivity (Wildman–Crippen MR) is 107 cm³/mol. The van der Waals surface area contributed by atoms with Crippen LogP contribution in [0.25, 0.3) is 0 Å². The number of amides is 1. The number of carbonyl (C=O) groups excluding carboxylic acids is 1. The second-order valence-electron chi connectivity index (χ2n) is 6.71. The number of nitrogens with one attached hydrogen (secondary N) is 2. The van der Waals surface area contributed by atoms with Crippen molar-refractivity contribution in [1.82, 2.24) is 5.32 Å². The van der Waals surface area contributed by atoms with Crippen LogP contribution in [0.15, 0.2) is 53.5 Å². The standard InChI is InChI=1S/C21H22F3N3O3/c1-29-17-8-2-5-14(11-17)19(28)27-20(25-13-18-9-4-10-30-18)26-16-7-3-6-15(12-16)21(22,23)24/h2-3,5-8,11-12,18H,4,9-10,13H2,1H3,(H2,25,26,27,28). The molecule has 0 aromatic heterocycles. The highest BCUT2D eigenvalue weighted by Gasteiger charge is 2.30. The van der Waals surface area contributed by atoms with Crippen molar-refractivity contribution < 1.29 is 27.4 Å². The van der Waals surface area contributed by atoms with Crippen molar-refractivity contribution in [3.05, 3.63) is 59.7 Å². The van der Waals surface area contributed by atoms with E-state index in [9.17, 15) is 18.0 Å². The summed E-state index contributed by atoms with van der Waals surface area (Å²) in [5.74, 6) is 0.0726. The molecule has 2 N–H and O–H groups in total. The lowest BCUT2D eigenvalue weighted by Gasteiger charge is -2.15. The molecular weight excluding hydrogens is 399 g/mol. The molecule has 160 valence electrons. The number of rotatable bonds is 5. The van der Waals surface area contributed by atoms with Crippen molar-refractivity contribution in [2.45, 2.75) is 25.1 Å². The van der Waals surface area contributed by atoms with Crippen LogP contribution >= 0.6 is 0 Å². The number of anilines is 1. The smallest absolute Gasteiger partial charge is 0.416 e. The van der Waals surface area contributed by atoms with Crippen LogP contribution in [0.5, 0.6) is 5.75 Å². The summed E-state index contributed by atoms with van der Waals surface area (Å²) >= 11 is 0. The first-order valence-electron chi connectivity index (χ1n) is 9.41. The van der Waals surface area contributed by atoms with Gasteiger partial charge in [0.2, 0.25) is 5.96 Å². The van der Waals surface area contributed by atoms with Crippen molar-refractivity contribution in [3.8, 4) is 5.75 Å². The number of alkyl halides is 3. The summed E-state index contributed by atoms with van der Waals surface area (Å²) in [6.07, 6.45) is -2.80. The molecule has 0 spiro atoms. The summed E-state index contributed by atoms with van der Waals surface area (Å²) in [4.78, 5) is 17.0. The number of methoxy groups -OCH3 is 1. The molecule has 2 aromatic rings. The Balaban J connectivity index is 1.79. The van der Waals surface area contributed by atoms with Crippen molar-refractivity contribution in [1.29, 1.82) is 0 Å². The average Bonchev–Trinajstić information content (AvgIpc) is 3.25. The van der Waals surface area contributed by atoms with Crippen LogP contribution < -0.4 is 15.4 Å². The Hall–Kier alpha value is -3.07. The summed E-state index contributed by atoms with van der Waals surface area (Å²) in [6.45, 7) is 0.923. The Bertz CT molecular complexity index is 910. The number of carbonyl (C=O) groups is 1. The molecule has 30 heavy (non-hydrogen) atoms. The van der Waals surface area contributed by atoms with Crippen LogP contribution in [0.4, 0.5) is 18.9 Å². The van der Waals surface area contributed by atoms with Crippen molar-refractivity contribution >= 4 is 17.6 Å². The largest absolute Gasteiger partial charge is 0.497 e. The molecule has 0 radical (unpaired) electrons. The van der Waals surface area contributed by atoms with Crippen LogP contribution in [0.2, 0.25) is 0 Å². The molecule has 6 nitrogen and oxygen atoms in total. The molecule has 9 heteroatoms. The first-order valence-corrected chi connectivity index (χ1v) is 9.41. The van der Waals surface area contributed by atoms with Crippen LogP contribution in [0, 0.1) is 0 Å². The minimum absolute atomic E-state index is 0.0395. The monoisotopic (exact) mass is 421 g/mol. The third kappa shape index (κ3) is 5.96. The van der Waals surface area contributed by atoms with Crippen molar-refractivity contribution in [3.63, 3.8) is 0 Å². The number of hydrogen-bond acceptors (Lipinski definition) is 4.